The Balaban J connectivity index is 1.91. The molecule has 2 atom stereocenters. The fourth-order valence-corrected chi connectivity index (χ4v) is 3.50. The van der Waals surface area contributed by atoms with Gasteiger partial charge in [-0.3, -0.25) is 0 Å². The van der Waals surface area contributed by atoms with Gasteiger partial charge in [-0.15, -0.1) is 0 Å². The molecule has 0 radical (unpaired) electrons. The largest absolute Gasteiger partial charge is 0.489 e. The molecule has 3 heterocycles. The number of carboxylic acid groups (broad SMARTS) is 1. The molecule has 1 aromatic rings. The van der Waals surface area contributed by atoms with Gasteiger partial charge < -0.3 is 19.6 Å². The second-order valence-corrected chi connectivity index (χ2v) is 6.52. The van der Waals surface area contributed by atoms with Gasteiger partial charge in [-0.1, -0.05) is 0 Å². The number of nitrogens with zero attached hydrogens (tertiary/aromatic N) is 3. The first-order valence-corrected chi connectivity index (χ1v) is 7.80. The van der Waals surface area contributed by atoms with Gasteiger partial charge in [-0.05, 0) is 40.2 Å². The molecule has 0 aliphatic carbocycles. The molecule has 0 saturated carbocycles. The highest BCUT2D eigenvalue weighted by molar-refractivity contribution is 5.67. The molecule has 0 aromatic carbocycles. The van der Waals surface area contributed by atoms with Gasteiger partial charge in [0.15, 0.2) is 0 Å². The smallest absolute Gasteiger partial charge is 0.407 e. The summed E-state index contributed by atoms with van der Waals surface area (Å²) < 4.78 is 5.82. The fraction of sp³-hybridized carbons (Fsp3) is 0.625. The van der Waals surface area contributed by atoms with Gasteiger partial charge in [0, 0.05) is 24.7 Å². The highest BCUT2D eigenvalue weighted by Crippen LogP contribution is 2.38. The molecule has 6 nitrogen and oxygen atoms in total. The van der Waals surface area contributed by atoms with Crippen LogP contribution in [0.3, 0.4) is 0 Å². The van der Waals surface area contributed by atoms with E-state index >= 15 is 0 Å². The summed E-state index contributed by atoms with van der Waals surface area (Å²) in [5, 5.41) is 9.25. The Morgan fingerprint density at radius 3 is 2.82 bits per heavy atom. The van der Waals surface area contributed by atoms with Crippen molar-refractivity contribution in [3.05, 3.63) is 17.3 Å². The predicted octanol–water partition coefficient (Wildman–Crippen LogP) is 2.29. The first-order chi connectivity index (χ1) is 10.4. The molecular formula is C16H23N3O3. The lowest BCUT2D eigenvalue weighted by Gasteiger charge is -2.42. The van der Waals surface area contributed by atoms with Gasteiger partial charge >= 0.3 is 6.09 Å². The number of ether oxygens (including phenoxy) is 1. The van der Waals surface area contributed by atoms with Crippen molar-refractivity contribution >= 4 is 11.9 Å². The Labute approximate surface area is 130 Å². The summed E-state index contributed by atoms with van der Waals surface area (Å²) in [4.78, 5) is 19.8. The predicted molar refractivity (Wildman–Crippen MR) is 83.8 cm³/mol. The maximum Gasteiger partial charge on any atom is 0.407 e. The summed E-state index contributed by atoms with van der Waals surface area (Å²) >= 11 is 0. The van der Waals surface area contributed by atoms with Gasteiger partial charge in [-0.25, -0.2) is 9.78 Å². The van der Waals surface area contributed by atoms with E-state index in [-0.39, 0.29) is 18.2 Å². The van der Waals surface area contributed by atoms with Crippen LogP contribution in [0.1, 0.15) is 32.0 Å². The molecule has 1 fully saturated rings. The van der Waals surface area contributed by atoms with E-state index < -0.39 is 6.09 Å². The number of carbonyl (C=O) groups is 1. The molecule has 0 spiro atoms. The SMILES string of the molecule is Cc1nc2c(cc1OC(C)C)C[C@@H]1CN(C(=O)O)C[C@@H](C)N21. The average molecular weight is 305 g/mol. The summed E-state index contributed by atoms with van der Waals surface area (Å²) in [5.74, 6) is 1.83. The summed E-state index contributed by atoms with van der Waals surface area (Å²) in [6.07, 6.45) is 0.102. The molecule has 2 aliphatic heterocycles. The van der Waals surface area contributed by atoms with E-state index in [0.29, 0.717) is 13.1 Å². The first-order valence-electron chi connectivity index (χ1n) is 7.80. The molecule has 1 N–H and O–H groups in total. The molecule has 3 rings (SSSR count). The van der Waals surface area contributed by atoms with E-state index in [9.17, 15) is 9.90 Å². The van der Waals surface area contributed by atoms with Gasteiger partial charge in [0.1, 0.15) is 11.6 Å². The zero-order valence-electron chi connectivity index (χ0n) is 13.5. The number of piperazine rings is 1. The van der Waals surface area contributed by atoms with E-state index in [2.05, 4.69) is 17.9 Å². The van der Waals surface area contributed by atoms with Crippen molar-refractivity contribution in [3.63, 3.8) is 0 Å². The molecule has 0 unspecified atom stereocenters. The van der Waals surface area contributed by atoms with Crippen LogP contribution in [0.25, 0.3) is 0 Å². The lowest BCUT2D eigenvalue weighted by molar-refractivity contribution is 0.128. The second kappa shape index (κ2) is 5.34. The Hall–Kier alpha value is -1.98. The van der Waals surface area contributed by atoms with E-state index in [1.165, 1.54) is 4.90 Å². The Bertz CT molecular complexity index is 603. The van der Waals surface area contributed by atoms with Crippen molar-refractivity contribution in [2.75, 3.05) is 18.0 Å². The third-order valence-corrected chi connectivity index (χ3v) is 4.34. The van der Waals surface area contributed by atoms with Crippen LogP contribution in [0.2, 0.25) is 0 Å². The minimum Gasteiger partial charge on any atom is -0.489 e. The number of hydrogen-bond acceptors (Lipinski definition) is 4. The zero-order valence-corrected chi connectivity index (χ0v) is 13.5. The molecule has 120 valence electrons. The third kappa shape index (κ3) is 2.46. The highest BCUT2D eigenvalue weighted by atomic mass is 16.5. The van der Waals surface area contributed by atoms with Gasteiger partial charge in [0.25, 0.3) is 0 Å². The van der Waals surface area contributed by atoms with Gasteiger partial charge in [0.05, 0.1) is 17.8 Å². The van der Waals surface area contributed by atoms with Crippen LogP contribution in [0, 0.1) is 6.92 Å². The lowest BCUT2D eigenvalue weighted by atomic mass is 10.1. The first kappa shape index (κ1) is 14.9. The average Bonchev–Trinajstić information content (AvgIpc) is 2.76. The topological polar surface area (TPSA) is 65.9 Å². The standard InChI is InChI=1S/C16H23N3O3/c1-9(2)22-14-6-12-5-13-8-18(16(20)21)7-10(3)19(13)15(12)17-11(14)4/h6,9-10,13H,5,7-8H2,1-4H3,(H,20,21)/t10-,13-/m1/s1. The normalized spacial score (nSPS) is 23.5. The lowest BCUT2D eigenvalue weighted by Crippen LogP contribution is -2.57. The molecule has 2 aliphatic rings. The maximum absolute atomic E-state index is 11.3. The molecular weight excluding hydrogens is 282 g/mol. The molecule has 1 aromatic heterocycles. The number of amides is 1. The molecule has 0 bridgehead atoms. The summed E-state index contributed by atoms with van der Waals surface area (Å²) in [7, 11) is 0. The van der Waals surface area contributed by atoms with Gasteiger partial charge in [-0.2, -0.15) is 0 Å². The molecule has 1 amide bonds. The fourth-order valence-electron chi connectivity index (χ4n) is 3.50. The van der Waals surface area contributed by atoms with Crippen molar-refractivity contribution in [1.82, 2.24) is 9.88 Å². The number of anilines is 1. The van der Waals surface area contributed by atoms with Gasteiger partial charge in [0.2, 0.25) is 0 Å². The quantitative estimate of drug-likeness (QED) is 0.908. The third-order valence-electron chi connectivity index (χ3n) is 4.34. The van der Waals surface area contributed by atoms with Crippen LogP contribution in [0.4, 0.5) is 10.6 Å². The number of fused-ring (bicyclic) bond motifs is 3. The Morgan fingerprint density at radius 1 is 1.45 bits per heavy atom. The van der Waals surface area contributed by atoms with Crippen molar-refractivity contribution in [2.24, 2.45) is 0 Å². The summed E-state index contributed by atoms with van der Waals surface area (Å²) in [6.45, 7) is 9.09. The molecule has 22 heavy (non-hydrogen) atoms. The van der Waals surface area contributed by atoms with Crippen LogP contribution in [-0.2, 0) is 6.42 Å². The van der Waals surface area contributed by atoms with Crippen LogP contribution in [0.5, 0.6) is 5.75 Å². The van der Waals surface area contributed by atoms with Crippen LogP contribution < -0.4 is 9.64 Å². The Morgan fingerprint density at radius 2 is 2.18 bits per heavy atom. The number of aryl methyl sites for hydroxylation is 1. The van der Waals surface area contributed by atoms with Crippen molar-refractivity contribution < 1.29 is 14.6 Å². The number of pyridine rings is 1. The summed E-state index contributed by atoms with van der Waals surface area (Å²) in [5.41, 5.74) is 2.05. The van der Waals surface area contributed by atoms with Crippen molar-refractivity contribution in [2.45, 2.75) is 52.3 Å². The monoisotopic (exact) mass is 305 g/mol. The van der Waals surface area contributed by atoms with Crippen LogP contribution in [-0.4, -0.2) is 52.4 Å². The van der Waals surface area contributed by atoms with E-state index in [1.54, 1.807) is 0 Å². The minimum absolute atomic E-state index is 0.115. The number of rotatable bonds is 2. The van der Waals surface area contributed by atoms with Crippen LogP contribution >= 0.6 is 0 Å². The van der Waals surface area contributed by atoms with Crippen molar-refractivity contribution in [3.8, 4) is 5.75 Å². The Kier molecular flexibility index (Phi) is 3.62. The van der Waals surface area contributed by atoms with Crippen molar-refractivity contribution in [1.29, 1.82) is 0 Å². The molecule has 1 saturated heterocycles. The molecule has 6 heteroatoms. The van der Waals surface area contributed by atoms with Crippen LogP contribution in [0.15, 0.2) is 6.07 Å². The second-order valence-electron chi connectivity index (χ2n) is 6.52. The highest BCUT2D eigenvalue weighted by Gasteiger charge is 2.40. The maximum atomic E-state index is 11.3. The summed E-state index contributed by atoms with van der Waals surface area (Å²) in [6, 6.07) is 2.39. The minimum atomic E-state index is -0.838. The van der Waals surface area contributed by atoms with E-state index in [1.807, 2.05) is 20.8 Å². The number of hydrogen-bond donors (Lipinski definition) is 1. The zero-order chi connectivity index (χ0) is 16.0. The van der Waals surface area contributed by atoms with E-state index in [4.69, 9.17) is 9.72 Å². The van der Waals surface area contributed by atoms with E-state index in [0.717, 1.165) is 29.2 Å². The number of aromatic nitrogens is 1.